The molecule has 1 fully saturated rings. The second-order valence-electron chi connectivity index (χ2n) is 4.24. The third-order valence-corrected chi connectivity index (χ3v) is 4.34. The van der Waals surface area contributed by atoms with Gasteiger partial charge in [-0.2, -0.15) is 11.8 Å². The second kappa shape index (κ2) is 5.69. The van der Waals surface area contributed by atoms with Crippen LogP contribution in [-0.4, -0.2) is 18.6 Å². The van der Waals surface area contributed by atoms with Crippen LogP contribution in [-0.2, 0) is 0 Å². The minimum atomic E-state index is -0.0833. The molecule has 1 heterocycles. The highest BCUT2D eigenvalue weighted by molar-refractivity contribution is 7.99. The predicted octanol–water partition coefficient (Wildman–Crippen LogP) is 3.23. The zero-order chi connectivity index (χ0) is 11.4. The summed E-state index contributed by atoms with van der Waals surface area (Å²) in [6.45, 7) is 0. The lowest BCUT2D eigenvalue weighted by molar-refractivity contribution is 0.349. The third kappa shape index (κ3) is 2.58. The van der Waals surface area contributed by atoms with E-state index in [0.29, 0.717) is 5.92 Å². The zero-order valence-corrected chi connectivity index (χ0v) is 10.4. The summed E-state index contributed by atoms with van der Waals surface area (Å²) in [6.07, 6.45) is 2.37. The Hall–Kier alpha value is -0.540. The Morgan fingerprint density at radius 1 is 1.31 bits per heavy atom. The molecule has 0 bridgehead atoms. The third-order valence-electron chi connectivity index (χ3n) is 3.29. The first-order valence-electron chi connectivity index (χ1n) is 5.82. The van der Waals surface area contributed by atoms with Gasteiger partial charge in [-0.3, -0.25) is 0 Å². The fourth-order valence-corrected chi connectivity index (χ4v) is 3.56. The molecule has 16 heavy (non-hydrogen) atoms. The molecule has 1 unspecified atom stereocenters. The first-order chi connectivity index (χ1) is 7.83. The Balaban J connectivity index is 2.18. The molecule has 0 spiro atoms. The van der Waals surface area contributed by atoms with Gasteiger partial charge in [-0.25, -0.2) is 4.39 Å². The number of benzene rings is 1. The lowest BCUT2D eigenvalue weighted by Crippen LogP contribution is -2.28. The summed E-state index contributed by atoms with van der Waals surface area (Å²) < 4.78 is 13.7. The van der Waals surface area contributed by atoms with Crippen molar-refractivity contribution in [3.63, 3.8) is 0 Å². The molecule has 1 atom stereocenters. The van der Waals surface area contributed by atoms with E-state index < -0.39 is 0 Å². The Morgan fingerprint density at radius 2 is 2.00 bits per heavy atom. The highest BCUT2D eigenvalue weighted by Crippen LogP contribution is 2.34. The molecule has 1 aliphatic rings. The fraction of sp³-hybridized carbons (Fsp3) is 0.538. The van der Waals surface area contributed by atoms with Gasteiger partial charge >= 0.3 is 0 Å². The highest BCUT2D eigenvalue weighted by atomic mass is 32.2. The molecule has 1 nitrogen and oxygen atoms in total. The molecule has 0 aromatic heterocycles. The number of rotatable bonds is 3. The molecule has 0 radical (unpaired) electrons. The molecule has 1 aliphatic heterocycles. The molecule has 0 saturated carbocycles. The Kier molecular flexibility index (Phi) is 4.24. The van der Waals surface area contributed by atoms with E-state index in [1.165, 1.54) is 24.3 Å². The van der Waals surface area contributed by atoms with Crippen LogP contribution in [0.25, 0.3) is 0 Å². The average molecular weight is 239 g/mol. The smallest absolute Gasteiger partial charge is 0.127 e. The topological polar surface area (TPSA) is 12.0 Å². The summed E-state index contributed by atoms with van der Waals surface area (Å²) in [5.74, 6) is 2.90. The maximum absolute atomic E-state index is 13.7. The van der Waals surface area contributed by atoms with Gasteiger partial charge in [0.25, 0.3) is 0 Å². The van der Waals surface area contributed by atoms with E-state index in [9.17, 15) is 4.39 Å². The molecule has 1 N–H and O–H groups in total. The predicted molar refractivity (Wildman–Crippen MR) is 68.2 cm³/mol. The van der Waals surface area contributed by atoms with Gasteiger partial charge in [0.15, 0.2) is 0 Å². The normalized spacial score (nSPS) is 19.6. The maximum atomic E-state index is 13.7. The van der Waals surface area contributed by atoms with E-state index in [2.05, 4.69) is 5.32 Å². The van der Waals surface area contributed by atoms with Crippen molar-refractivity contribution in [2.75, 3.05) is 18.6 Å². The summed E-state index contributed by atoms with van der Waals surface area (Å²) in [5.41, 5.74) is 0.821. The van der Waals surface area contributed by atoms with Crippen molar-refractivity contribution >= 4 is 11.8 Å². The summed E-state index contributed by atoms with van der Waals surface area (Å²) in [4.78, 5) is 0. The Labute approximate surface area is 101 Å². The molecule has 0 aliphatic carbocycles. The molecule has 3 heteroatoms. The number of halogens is 1. The van der Waals surface area contributed by atoms with E-state index in [0.717, 1.165) is 5.56 Å². The van der Waals surface area contributed by atoms with Crippen LogP contribution in [0.5, 0.6) is 0 Å². The molecule has 1 aromatic carbocycles. The van der Waals surface area contributed by atoms with Crippen molar-refractivity contribution in [2.45, 2.75) is 18.9 Å². The van der Waals surface area contributed by atoms with E-state index in [4.69, 9.17) is 0 Å². The summed E-state index contributed by atoms with van der Waals surface area (Å²) in [6, 6.07) is 7.29. The molecule has 2 rings (SSSR count). The molecule has 88 valence electrons. The number of hydrogen-bond acceptors (Lipinski definition) is 2. The summed E-state index contributed by atoms with van der Waals surface area (Å²) in [5, 5.41) is 3.28. The van der Waals surface area contributed by atoms with Crippen molar-refractivity contribution < 1.29 is 4.39 Å². The molecular formula is C13H18FNS. The molecule has 0 amide bonds. The lowest BCUT2D eigenvalue weighted by atomic mass is 9.88. The highest BCUT2D eigenvalue weighted by Gasteiger charge is 2.25. The largest absolute Gasteiger partial charge is 0.313 e. The van der Waals surface area contributed by atoms with Crippen LogP contribution in [0.1, 0.15) is 24.4 Å². The lowest BCUT2D eigenvalue weighted by Gasteiger charge is -2.30. The summed E-state index contributed by atoms with van der Waals surface area (Å²) in [7, 11) is 1.93. The van der Waals surface area contributed by atoms with Gasteiger partial charge in [0.2, 0.25) is 0 Å². The van der Waals surface area contributed by atoms with Crippen LogP contribution in [0.2, 0.25) is 0 Å². The number of hydrogen-bond donors (Lipinski definition) is 1. The van der Waals surface area contributed by atoms with E-state index >= 15 is 0 Å². The van der Waals surface area contributed by atoms with Crippen LogP contribution in [0.4, 0.5) is 4.39 Å². The average Bonchev–Trinajstić information content (AvgIpc) is 2.34. The van der Waals surface area contributed by atoms with Crippen molar-refractivity contribution in [3.8, 4) is 0 Å². The first-order valence-corrected chi connectivity index (χ1v) is 6.98. The van der Waals surface area contributed by atoms with E-state index in [1.54, 1.807) is 12.1 Å². The minimum Gasteiger partial charge on any atom is -0.313 e. The van der Waals surface area contributed by atoms with Gasteiger partial charge in [0.1, 0.15) is 5.82 Å². The fourth-order valence-electron chi connectivity index (χ4n) is 2.42. The Morgan fingerprint density at radius 3 is 2.62 bits per heavy atom. The van der Waals surface area contributed by atoms with Gasteiger partial charge in [0.05, 0.1) is 0 Å². The van der Waals surface area contributed by atoms with Crippen LogP contribution >= 0.6 is 11.8 Å². The van der Waals surface area contributed by atoms with Gasteiger partial charge in [-0.15, -0.1) is 0 Å². The maximum Gasteiger partial charge on any atom is 0.127 e. The zero-order valence-electron chi connectivity index (χ0n) is 9.58. The van der Waals surface area contributed by atoms with Crippen molar-refractivity contribution in [3.05, 3.63) is 35.6 Å². The molecule has 1 aromatic rings. The van der Waals surface area contributed by atoms with Crippen molar-refractivity contribution in [2.24, 2.45) is 5.92 Å². The van der Waals surface area contributed by atoms with Gasteiger partial charge in [-0.1, -0.05) is 18.2 Å². The first kappa shape index (κ1) is 11.9. The van der Waals surface area contributed by atoms with E-state index in [-0.39, 0.29) is 11.9 Å². The minimum absolute atomic E-state index is 0.0833. The quantitative estimate of drug-likeness (QED) is 0.869. The van der Waals surface area contributed by atoms with Crippen LogP contribution in [0.15, 0.2) is 24.3 Å². The Bertz CT molecular complexity index is 336. The number of nitrogens with one attached hydrogen (secondary N) is 1. The van der Waals surface area contributed by atoms with Crippen LogP contribution in [0, 0.1) is 11.7 Å². The standard InChI is InChI=1S/C13H18FNS/c1-15-13(10-6-8-16-9-7-10)11-4-2-3-5-12(11)14/h2-5,10,13,15H,6-9H2,1H3. The van der Waals surface area contributed by atoms with Gasteiger partial charge < -0.3 is 5.32 Å². The summed E-state index contributed by atoms with van der Waals surface area (Å²) >= 11 is 2.00. The van der Waals surface area contributed by atoms with Crippen LogP contribution < -0.4 is 5.32 Å². The monoisotopic (exact) mass is 239 g/mol. The second-order valence-corrected chi connectivity index (χ2v) is 5.46. The van der Waals surface area contributed by atoms with Crippen molar-refractivity contribution in [1.29, 1.82) is 0 Å². The number of thioether (sulfide) groups is 1. The van der Waals surface area contributed by atoms with E-state index in [1.807, 2.05) is 30.9 Å². The van der Waals surface area contributed by atoms with Gasteiger partial charge in [-0.05, 0) is 43.4 Å². The molecule has 1 saturated heterocycles. The van der Waals surface area contributed by atoms with Gasteiger partial charge in [0, 0.05) is 11.6 Å². The molecular weight excluding hydrogens is 221 g/mol. The van der Waals surface area contributed by atoms with Crippen molar-refractivity contribution in [1.82, 2.24) is 5.32 Å². The SMILES string of the molecule is CNC(c1ccccc1F)C1CCSCC1. The van der Waals surface area contributed by atoms with Crippen LogP contribution in [0.3, 0.4) is 0 Å².